The van der Waals surface area contributed by atoms with Gasteiger partial charge in [-0.05, 0) is 31.3 Å². The zero-order chi connectivity index (χ0) is 14.0. The topological polar surface area (TPSA) is 66.8 Å². The van der Waals surface area contributed by atoms with Crippen molar-refractivity contribution in [3.05, 3.63) is 12.2 Å². The van der Waals surface area contributed by atoms with Crippen molar-refractivity contribution in [2.45, 2.75) is 57.3 Å². The highest BCUT2D eigenvalue weighted by Crippen LogP contribution is 2.59. The molecule has 106 valence electrons. The molecule has 0 bridgehead atoms. The minimum absolute atomic E-state index is 0.0348. The van der Waals surface area contributed by atoms with Crippen molar-refractivity contribution in [3.63, 3.8) is 0 Å². The van der Waals surface area contributed by atoms with Crippen LogP contribution in [0.4, 0.5) is 0 Å². The van der Waals surface area contributed by atoms with Crippen LogP contribution in [0.1, 0.15) is 39.5 Å². The van der Waals surface area contributed by atoms with Gasteiger partial charge in [0, 0.05) is 11.3 Å². The van der Waals surface area contributed by atoms with E-state index in [1.165, 1.54) is 0 Å². The van der Waals surface area contributed by atoms with E-state index in [2.05, 4.69) is 6.58 Å². The maximum absolute atomic E-state index is 11.8. The molecule has 1 saturated heterocycles. The normalized spacial score (nSPS) is 53.5. The first kappa shape index (κ1) is 13.1. The standard InChI is InChI=1S/C15H22O4/c1-8-4-5-11(16)14(3)7-6-10-9(2)13(17)19-12(10)15(8,14)18/h9-12,16,18H,1,4-7H2,2-3H3/t9-,10-,11-,12+,14-,15+/m1/s1. The fourth-order valence-electron chi connectivity index (χ4n) is 4.38. The summed E-state index contributed by atoms with van der Waals surface area (Å²) in [6.07, 6.45) is 1.60. The van der Waals surface area contributed by atoms with Crippen molar-refractivity contribution in [3.8, 4) is 0 Å². The second kappa shape index (κ2) is 3.83. The number of rotatable bonds is 0. The summed E-state index contributed by atoms with van der Waals surface area (Å²) in [7, 11) is 0. The number of hydrogen-bond acceptors (Lipinski definition) is 4. The predicted octanol–water partition coefficient (Wildman–Crippen LogP) is 1.41. The van der Waals surface area contributed by atoms with Gasteiger partial charge < -0.3 is 14.9 Å². The second-order valence-electron chi connectivity index (χ2n) is 6.69. The fourth-order valence-corrected chi connectivity index (χ4v) is 4.38. The van der Waals surface area contributed by atoms with Crippen LogP contribution < -0.4 is 0 Å². The summed E-state index contributed by atoms with van der Waals surface area (Å²) in [6, 6.07) is 0. The van der Waals surface area contributed by atoms with Crippen molar-refractivity contribution < 1.29 is 19.7 Å². The highest BCUT2D eigenvalue weighted by molar-refractivity contribution is 5.75. The Balaban J connectivity index is 2.08. The van der Waals surface area contributed by atoms with Gasteiger partial charge >= 0.3 is 5.97 Å². The van der Waals surface area contributed by atoms with E-state index in [0.29, 0.717) is 24.8 Å². The largest absolute Gasteiger partial charge is 0.458 e. The second-order valence-corrected chi connectivity index (χ2v) is 6.69. The Morgan fingerprint density at radius 3 is 2.79 bits per heavy atom. The lowest BCUT2D eigenvalue weighted by atomic mass is 9.51. The summed E-state index contributed by atoms with van der Waals surface area (Å²) in [5, 5.41) is 21.6. The molecule has 0 aromatic heterocycles. The third-order valence-corrected chi connectivity index (χ3v) is 5.92. The van der Waals surface area contributed by atoms with Crippen molar-refractivity contribution in [1.82, 2.24) is 0 Å². The molecule has 0 aromatic carbocycles. The molecule has 0 spiro atoms. The molecule has 0 radical (unpaired) electrons. The van der Waals surface area contributed by atoms with Crippen LogP contribution in [-0.2, 0) is 9.53 Å². The molecular formula is C15H22O4. The maximum Gasteiger partial charge on any atom is 0.309 e. The van der Waals surface area contributed by atoms with Crippen LogP contribution in [-0.4, -0.2) is 34.0 Å². The molecule has 0 unspecified atom stereocenters. The molecule has 4 nitrogen and oxygen atoms in total. The first-order chi connectivity index (χ1) is 8.82. The van der Waals surface area contributed by atoms with Gasteiger partial charge in [0.1, 0.15) is 11.7 Å². The third-order valence-electron chi connectivity index (χ3n) is 5.92. The van der Waals surface area contributed by atoms with Crippen LogP contribution in [0.25, 0.3) is 0 Å². The van der Waals surface area contributed by atoms with Crippen LogP contribution in [0.3, 0.4) is 0 Å². The summed E-state index contributed by atoms with van der Waals surface area (Å²) in [6.45, 7) is 7.77. The lowest BCUT2D eigenvalue weighted by molar-refractivity contribution is -0.216. The molecule has 6 atom stereocenters. The molecule has 1 heterocycles. The SMILES string of the molecule is C=C1CC[C@@H](O)[C@@]2(C)CC[C@@H]3[C@@H](C)C(=O)O[C@@H]3[C@@]12O. The van der Waals surface area contributed by atoms with Crippen molar-refractivity contribution >= 4 is 5.97 Å². The zero-order valence-electron chi connectivity index (χ0n) is 11.6. The summed E-state index contributed by atoms with van der Waals surface area (Å²) in [5.74, 6) is -0.376. The number of hydrogen-bond donors (Lipinski definition) is 2. The zero-order valence-corrected chi connectivity index (χ0v) is 11.6. The van der Waals surface area contributed by atoms with Crippen LogP contribution in [0.5, 0.6) is 0 Å². The number of aliphatic hydroxyl groups is 2. The van der Waals surface area contributed by atoms with Crippen molar-refractivity contribution in [2.75, 3.05) is 0 Å². The molecular weight excluding hydrogens is 244 g/mol. The van der Waals surface area contributed by atoms with Crippen LogP contribution in [0.2, 0.25) is 0 Å². The minimum Gasteiger partial charge on any atom is -0.458 e. The average Bonchev–Trinajstić information content (AvgIpc) is 2.66. The average molecular weight is 266 g/mol. The van der Waals surface area contributed by atoms with E-state index in [0.717, 1.165) is 6.42 Å². The van der Waals surface area contributed by atoms with Crippen LogP contribution >= 0.6 is 0 Å². The highest BCUT2D eigenvalue weighted by atomic mass is 16.6. The summed E-state index contributed by atoms with van der Waals surface area (Å²) in [5.41, 5.74) is -1.24. The number of carbonyl (C=O) groups excluding carboxylic acids is 1. The molecule has 2 aliphatic carbocycles. The quantitative estimate of drug-likeness (QED) is 0.514. The number of fused-ring (bicyclic) bond motifs is 3. The van der Waals surface area contributed by atoms with Crippen molar-refractivity contribution in [1.29, 1.82) is 0 Å². The summed E-state index contributed by atoms with van der Waals surface area (Å²) >= 11 is 0. The minimum atomic E-state index is -1.28. The van der Waals surface area contributed by atoms with E-state index < -0.39 is 23.2 Å². The number of esters is 1. The molecule has 2 N–H and O–H groups in total. The van der Waals surface area contributed by atoms with Crippen molar-refractivity contribution in [2.24, 2.45) is 17.3 Å². The monoisotopic (exact) mass is 266 g/mol. The predicted molar refractivity (Wildman–Crippen MR) is 69.2 cm³/mol. The lowest BCUT2D eigenvalue weighted by Crippen LogP contribution is -2.67. The fraction of sp³-hybridized carbons (Fsp3) is 0.800. The summed E-state index contributed by atoms with van der Waals surface area (Å²) < 4.78 is 5.47. The van der Waals surface area contributed by atoms with Gasteiger partial charge in [0.25, 0.3) is 0 Å². The summed E-state index contributed by atoms with van der Waals surface area (Å²) in [4.78, 5) is 11.8. The molecule has 3 aliphatic rings. The van der Waals surface area contributed by atoms with E-state index >= 15 is 0 Å². The molecule has 3 rings (SSSR count). The van der Waals surface area contributed by atoms with Gasteiger partial charge in [0.2, 0.25) is 0 Å². The molecule has 0 aromatic rings. The highest BCUT2D eigenvalue weighted by Gasteiger charge is 2.67. The van der Waals surface area contributed by atoms with Gasteiger partial charge in [-0.2, -0.15) is 0 Å². The van der Waals surface area contributed by atoms with E-state index in [1.54, 1.807) is 0 Å². The number of aliphatic hydroxyl groups excluding tert-OH is 1. The Kier molecular flexibility index (Phi) is 2.64. The molecule has 0 amide bonds. The molecule has 19 heavy (non-hydrogen) atoms. The Morgan fingerprint density at radius 2 is 2.11 bits per heavy atom. The van der Waals surface area contributed by atoms with E-state index in [9.17, 15) is 15.0 Å². The van der Waals surface area contributed by atoms with E-state index in [-0.39, 0.29) is 17.8 Å². The van der Waals surface area contributed by atoms with Gasteiger partial charge in [-0.1, -0.05) is 20.4 Å². The molecule has 1 aliphatic heterocycles. The van der Waals surface area contributed by atoms with E-state index in [4.69, 9.17) is 4.74 Å². The smallest absolute Gasteiger partial charge is 0.309 e. The number of ether oxygens (including phenoxy) is 1. The van der Waals surface area contributed by atoms with Gasteiger partial charge in [0.15, 0.2) is 0 Å². The van der Waals surface area contributed by atoms with Gasteiger partial charge in [0.05, 0.1) is 12.0 Å². The Bertz CT molecular complexity index is 445. The van der Waals surface area contributed by atoms with Crippen LogP contribution in [0.15, 0.2) is 12.2 Å². The first-order valence-electron chi connectivity index (χ1n) is 7.11. The number of carbonyl (C=O) groups is 1. The van der Waals surface area contributed by atoms with Gasteiger partial charge in [-0.3, -0.25) is 4.79 Å². The Hall–Kier alpha value is -0.870. The van der Waals surface area contributed by atoms with Crippen LogP contribution in [0, 0.1) is 17.3 Å². The first-order valence-corrected chi connectivity index (χ1v) is 7.11. The van der Waals surface area contributed by atoms with Gasteiger partial charge in [-0.25, -0.2) is 0 Å². The molecule has 3 fully saturated rings. The Morgan fingerprint density at radius 1 is 1.42 bits per heavy atom. The van der Waals surface area contributed by atoms with Gasteiger partial charge in [-0.15, -0.1) is 0 Å². The molecule has 2 saturated carbocycles. The Labute approximate surface area is 113 Å². The maximum atomic E-state index is 11.8. The van der Waals surface area contributed by atoms with E-state index in [1.807, 2.05) is 13.8 Å². The lowest BCUT2D eigenvalue weighted by Gasteiger charge is -2.58. The molecule has 4 heteroatoms. The third kappa shape index (κ3) is 1.39.